The van der Waals surface area contributed by atoms with E-state index in [1.54, 1.807) is 12.4 Å². The first kappa shape index (κ1) is 15.8. The van der Waals surface area contributed by atoms with Crippen molar-refractivity contribution in [3.8, 4) is 6.19 Å². The SMILES string of the molecule is CSC(=Nc1ccc(Sc2ncc(Br)cn2)cc1)NC#N. The van der Waals surface area contributed by atoms with Gasteiger partial charge in [-0.3, -0.25) is 5.32 Å². The lowest BCUT2D eigenvalue weighted by atomic mass is 10.3. The van der Waals surface area contributed by atoms with Crippen molar-refractivity contribution in [2.45, 2.75) is 10.1 Å². The molecule has 8 heteroatoms. The molecule has 0 aliphatic rings. The zero-order valence-electron chi connectivity index (χ0n) is 10.9. The second kappa shape index (κ2) is 8.02. The van der Waals surface area contributed by atoms with Crippen LogP contribution in [0.4, 0.5) is 5.69 Å². The van der Waals surface area contributed by atoms with Gasteiger partial charge in [0, 0.05) is 17.3 Å². The minimum atomic E-state index is 0.564. The highest BCUT2D eigenvalue weighted by Gasteiger charge is 2.01. The summed E-state index contributed by atoms with van der Waals surface area (Å²) in [5.74, 6) is 0. The Hall–Kier alpha value is -1.56. The maximum atomic E-state index is 8.60. The number of nitriles is 1. The summed E-state index contributed by atoms with van der Waals surface area (Å²) < 4.78 is 0.853. The Morgan fingerprint density at radius 1 is 1.29 bits per heavy atom. The molecule has 0 amide bonds. The van der Waals surface area contributed by atoms with Crippen LogP contribution in [-0.2, 0) is 0 Å². The van der Waals surface area contributed by atoms with Crippen LogP contribution in [0.25, 0.3) is 0 Å². The topological polar surface area (TPSA) is 74.0 Å². The van der Waals surface area contributed by atoms with E-state index in [9.17, 15) is 0 Å². The second-order valence-electron chi connectivity index (χ2n) is 3.64. The summed E-state index contributed by atoms with van der Waals surface area (Å²) in [6, 6.07) is 7.66. The Balaban J connectivity index is 2.08. The Labute approximate surface area is 139 Å². The maximum Gasteiger partial charge on any atom is 0.192 e. The number of nitrogens with zero attached hydrogens (tertiary/aromatic N) is 4. The van der Waals surface area contributed by atoms with Crippen molar-refractivity contribution in [2.24, 2.45) is 4.99 Å². The summed E-state index contributed by atoms with van der Waals surface area (Å²) in [4.78, 5) is 13.8. The number of thioether (sulfide) groups is 1. The van der Waals surface area contributed by atoms with Crippen molar-refractivity contribution in [1.29, 1.82) is 5.26 Å². The molecular formula is C13H10BrN5S2. The molecule has 0 aliphatic carbocycles. The van der Waals surface area contributed by atoms with E-state index in [-0.39, 0.29) is 0 Å². The van der Waals surface area contributed by atoms with Crippen LogP contribution < -0.4 is 5.32 Å². The fourth-order valence-electron chi connectivity index (χ4n) is 1.34. The number of aliphatic imine (C=N–C) groups is 1. The molecule has 2 rings (SSSR count). The fraction of sp³-hybridized carbons (Fsp3) is 0.0769. The van der Waals surface area contributed by atoms with Crippen LogP contribution in [0.15, 0.2) is 56.2 Å². The Morgan fingerprint density at radius 3 is 2.52 bits per heavy atom. The Bertz CT molecular complexity index is 664. The van der Waals surface area contributed by atoms with Gasteiger partial charge in [0.1, 0.15) is 0 Å². The van der Waals surface area contributed by atoms with Gasteiger partial charge in [-0.2, -0.15) is 5.26 Å². The maximum absolute atomic E-state index is 8.60. The second-order valence-corrected chi connectivity index (χ2v) is 6.39. The minimum absolute atomic E-state index is 0.564. The first-order valence-corrected chi connectivity index (χ1v) is 8.58. The van der Waals surface area contributed by atoms with Crippen LogP contribution in [0.2, 0.25) is 0 Å². The summed E-state index contributed by atoms with van der Waals surface area (Å²) in [5, 5.41) is 12.4. The summed E-state index contributed by atoms with van der Waals surface area (Å²) in [6.07, 6.45) is 7.15. The van der Waals surface area contributed by atoms with Crippen molar-refractivity contribution < 1.29 is 0 Å². The lowest BCUT2D eigenvalue weighted by Gasteiger charge is -2.02. The summed E-state index contributed by atoms with van der Waals surface area (Å²) in [6.45, 7) is 0. The molecule has 1 heterocycles. The molecule has 0 saturated heterocycles. The van der Waals surface area contributed by atoms with Gasteiger partial charge in [0.25, 0.3) is 0 Å². The minimum Gasteiger partial charge on any atom is -0.271 e. The molecule has 5 nitrogen and oxygen atoms in total. The van der Waals surface area contributed by atoms with Gasteiger partial charge in [0.05, 0.1) is 10.2 Å². The van der Waals surface area contributed by atoms with Crippen LogP contribution in [0.5, 0.6) is 0 Å². The average Bonchev–Trinajstić information content (AvgIpc) is 2.51. The molecule has 0 fully saturated rings. The third-order valence-corrected chi connectivity index (χ3v) is 4.12. The monoisotopic (exact) mass is 379 g/mol. The van der Waals surface area contributed by atoms with E-state index < -0.39 is 0 Å². The molecule has 0 bridgehead atoms. The molecule has 21 heavy (non-hydrogen) atoms. The largest absolute Gasteiger partial charge is 0.271 e. The molecule has 1 aromatic heterocycles. The van der Waals surface area contributed by atoms with E-state index in [4.69, 9.17) is 5.26 Å². The smallest absolute Gasteiger partial charge is 0.192 e. The molecule has 106 valence electrons. The first-order chi connectivity index (χ1) is 10.2. The molecule has 0 aliphatic heterocycles. The van der Waals surface area contributed by atoms with Gasteiger partial charge in [-0.25, -0.2) is 15.0 Å². The molecule has 0 unspecified atom stereocenters. The Morgan fingerprint density at radius 2 is 1.95 bits per heavy atom. The lowest BCUT2D eigenvalue weighted by Crippen LogP contribution is -2.12. The molecule has 2 aromatic rings. The van der Waals surface area contributed by atoms with Gasteiger partial charge >= 0.3 is 0 Å². The van der Waals surface area contributed by atoms with E-state index in [0.717, 1.165) is 15.1 Å². The van der Waals surface area contributed by atoms with Gasteiger partial charge in [-0.15, -0.1) is 0 Å². The van der Waals surface area contributed by atoms with Crippen LogP contribution in [0.3, 0.4) is 0 Å². The van der Waals surface area contributed by atoms with E-state index in [1.807, 2.05) is 36.7 Å². The predicted molar refractivity (Wildman–Crippen MR) is 89.7 cm³/mol. The third-order valence-electron chi connectivity index (χ3n) is 2.23. The highest BCUT2D eigenvalue weighted by atomic mass is 79.9. The zero-order valence-corrected chi connectivity index (χ0v) is 14.2. The number of hydrogen-bond acceptors (Lipinski definition) is 6. The number of amidine groups is 1. The Kier molecular flexibility index (Phi) is 6.04. The van der Waals surface area contributed by atoms with Gasteiger partial charge < -0.3 is 0 Å². The van der Waals surface area contributed by atoms with E-state index >= 15 is 0 Å². The van der Waals surface area contributed by atoms with E-state index in [2.05, 4.69) is 36.2 Å². The van der Waals surface area contributed by atoms with E-state index in [1.165, 1.54) is 23.5 Å². The number of rotatable bonds is 3. The third kappa shape index (κ3) is 5.04. The van der Waals surface area contributed by atoms with Crippen LogP contribution in [0, 0.1) is 11.5 Å². The van der Waals surface area contributed by atoms with Crippen molar-refractivity contribution in [3.05, 3.63) is 41.1 Å². The lowest BCUT2D eigenvalue weighted by molar-refractivity contribution is 0.958. The molecular weight excluding hydrogens is 370 g/mol. The first-order valence-electron chi connectivity index (χ1n) is 5.74. The van der Waals surface area contributed by atoms with Crippen LogP contribution >= 0.6 is 39.5 Å². The van der Waals surface area contributed by atoms with Gasteiger partial charge in [-0.05, 0) is 58.2 Å². The standard InChI is InChI=1S/C13H10BrN5S2/c1-20-13(18-8-15)19-10-2-4-11(5-3-10)21-12-16-6-9(14)7-17-12/h2-7H,1H3,(H,18,19). The van der Waals surface area contributed by atoms with E-state index in [0.29, 0.717) is 10.3 Å². The van der Waals surface area contributed by atoms with Crippen LogP contribution in [-0.4, -0.2) is 21.4 Å². The number of aromatic nitrogens is 2. The molecule has 1 aromatic carbocycles. The normalized spacial score (nSPS) is 11.0. The molecule has 0 spiro atoms. The van der Waals surface area contributed by atoms with Crippen molar-refractivity contribution >= 4 is 50.3 Å². The molecule has 0 radical (unpaired) electrons. The summed E-state index contributed by atoms with van der Waals surface area (Å²) in [7, 11) is 0. The van der Waals surface area contributed by atoms with Gasteiger partial charge in [-0.1, -0.05) is 11.8 Å². The fourth-order valence-corrected chi connectivity index (χ4v) is 2.58. The van der Waals surface area contributed by atoms with Gasteiger partial charge in [0.2, 0.25) is 0 Å². The molecule has 0 saturated carbocycles. The predicted octanol–water partition coefficient (Wildman–Crippen LogP) is 3.81. The zero-order chi connectivity index (χ0) is 15.1. The summed E-state index contributed by atoms with van der Waals surface area (Å²) >= 11 is 6.16. The average molecular weight is 380 g/mol. The number of halogens is 1. The quantitative estimate of drug-likeness (QED) is 0.287. The highest BCUT2D eigenvalue weighted by molar-refractivity contribution is 9.10. The van der Waals surface area contributed by atoms with Crippen molar-refractivity contribution in [3.63, 3.8) is 0 Å². The molecule has 1 N–H and O–H groups in total. The van der Waals surface area contributed by atoms with Crippen molar-refractivity contribution in [1.82, 2.24) is 15.3 Å². The van der Waals surface area contributed by atoms with Crippen molar-refractivity contribution in [2.75, 3.05) is 6.26 Å². The number of hydrogen-bond donors (Lipinski definition) is 1. The molecule has 0 atom stereocenters. The summed E-state index contributed by atoms with van der Waals surface area (Å²) in [5.41, 5.74) is 0.781. The highest BCUT2D eigenvalue weighted by Crippen LogP contribution is 2.27. The number of nitrogens with one attached hydrogen (secondary N) is 1. The van der Waals surface area contributed by atoms with Gasteiger partial charge in [0.15, 0.2) is 16.5 Å². The number of benzene rings is 1. The van der Waals surface area contributed by atoms with Crippen LogP contribution in [0.1, 0.15) is 0 Å².